The van der Waals surface area contributed by atoms with Crippen LogP contribution in [0.5, 0.6) is 0 Å². The Hall–Kier alpha value is -2.92. The average molecular weight is 565 g/mol. The summed E-state index contributed by atoms with van der Waals surface area (Å²) in [6, 6.07) is 15.9. The summed E-state index contributed by atoms with van der Waals surface area (Å²) in [6.07, 6.45) is 1.82. The molecule has 39 heavy (non-hydrogen) atoms. The van der Waals surface area contributed by atoms with E-state index in [2.05, 4.69) is 20.4 Å². The number of allylic oxidation sites excluding steroid dienone is 7. The monoisotopic (exact) mass is 564 g/mol. The normalized spacial score (nSPS) is 13.2. The fourth-order valence-electron chi connectivity index (χ4n) is 3.52. The van der Waals surface area contributed by atoms with Crippen LogP contribution in [-0.4, -0.2) is 12.0 Å². The van der Waals surface area contributed by atoms with Gasteiger partial charge in [0.25, 0.3) is 0 Å². The molecule has 214 valence electrons. The largest absolute Gasteiger partial charge is 0.416 e. The number of alkyl halides is 3. The first kappa shape index (κ1) is 36.1. The molecular weight excluding hydrogens is 524 g/mol. The van der Waals surface area contributed by atoms with Crippen molar-refractivity contribution in [3.63, 3.8) is 0 Å². The van der Waals surface area contributed by atoms with Gasteiger partial charge in [-0.1, -0.05) is 87.0 Å². The molecule has 0 aliphatic carbocycles. The van der Waals surface area contributed by atoms with Crippen molar-refractivity contribution in [3.05, 3.63) is 112 Å². The molecule has 0 N–H and O–H groups in total. The summed E-state index contributed by atoms with van der Waals surface area (Å²) >= 11 is 5.48. The van der Waals surface area contributed by atoms with Crippen molar-refractivity contribution >= 4 is 23.0 Å². The predicted molar refractivity (Wildman–Crippen MR) is 158 cm³/mol. The Kier molecular flexibility index (Phi) is 17.0. The summed E-state index contributed by atoms with van der Waals surface area (Å²) in [5.41, 5.74) is 2.39. The molecule has 0 radical (unpaired) electrons. The van der Waals surface area contributed by atoms with Crippen LogP contribution < -0.4 is 0 Å². The highest BCUT2D eigenvalue weighted by Gasteiger charge is 2.34. The number of ketones is 1. The summed E-state index contributed by atoms with van der Waals surface area (Å²) in [6.45, 7) is 15.7. The lowest BCUT2D eigenvalue weighted by molar-refractivity contribution is -0.113. The van der Waals surface area contributed by atoms with E-state index in [1.165, 1.54) is 19.9 Å². The summed E-state index contributed by atoms with van der Waals surface area (Å²) < 4.78 is 51.4. The zero-order valence-corrected chi connectivity index (χ0v) is 24.8. The second-order valence-corrected chi connectivity index (χ2v) is 9.68. The van der Waals surface area contributed by atoms with E-state index in [9.17, 15) is 22.4 Å². The summed E-state index contributed by atoms with van der Waals surface area (Å²) in [5, 5.41) is 0.581. The van der Waals surface area contributed by atoms with E-state index in [1.54, 1.807) is 63.2 Å². The molecule has 0 heterocycles. The zero-order chi connectivity index (χ0) is 30.2. The van der Waals surface area contributed by atoms with Gasteiger partial charge in [-0.05, 0) is 93.9 Å². The fraction of sp³-hybridized carbons (Fsp3) is 0.364. The third-order valence-corrected chi connectivity index (χ3v) is 6.26. The van der Waals surface area contributed by atoms with Crippen molar-refractivity contribution in [1.82, 2.24) is 0 Å². The van der Waals surface area contributed by atoms with Gasteiger partial charge in [0.05, 0.1) is 5.57 Å². The molecule has 1 unspecified atom stereocenters. The highest BCUT2D eigenvalue weighted by Crippen LogP contribution is 2.33. The molecule has 2 rings (SSSR count). The number of carbonyl (C=O) groups is 1. The summed E-state index contributed by atoms with van der Waals surface area (Å²) in [7, 11) is 0. The summed E-state index contributed by atoms with van der Waals surface area (Å²) in [5.74, 6) is 0.449. The first-order valence-electron chi connectivity index (χ1n) is 12.9. The minimum Gasteiger partial charge on any atom is -0.295 e. The fourth-order valence-corrected chi connectivity index (χ4v) is 3.66. The van der Waals surface area contributed by atoms with Crippen LogP contribution in [0.4, 0.5) is 17.6 Å². The van der Waals surface area contributed by atoms with Crippen molar-refractivity contribution in [2.24, 2.45) is 0 Å². The maximum Gasteiger partial charge on any atom is 0.416 e. The highest BCUT2D eigenvalue weighted by atomic mass is 35.5. The van der Waals surface area contributed by atoms with Crippen LogP contribution in [0, 0.1) is 5.82 Å². The Bertz CT molecular complexity index is 1140. The standard InChI is InChI=1S/C15H15F3.C12H17F.C6H9ClO/c1-4-12(13-8-6-5-7-9-13)10-14(11(2)3)15(16,17)18;1-3-6-10(4-2)11-7-5-8-12(13)9-11;1-4(5(2)7)6(3)8/h4-10H,2H2,1,3H3;5,7-10H,3-4,6H2,1-2H3;1-3H3/b12-4+,14-10+;;5-4-. The second kappa shape index (κ2) is 18.4. The van der Waals surface area contributed by atoms with Gasteiger partial charge in [0.2, 0.25) is 0 Å². The minimum atomic E-state index is -4.38. The molecule has 0 saturated heterocycles. The molecular formula is C33H41ClF4O. The number of Topliss-reactive ketones (excluding diaryl/α,β-unsaturated/α-hetero) is 1. The molecule has 0 bridgehead atoms. The highest BCUT2D eigenvalue weighted by molar-refractivity contribution is 6.31. The van der Waals surface area contributed by atoms with Crippen molar-refractivity contribution in [2.45, 2.75) is 79.8 Å². The number of rotatable bonds is 8. The van der Waals surface area contributed by atoms with Gasteiger partial charge in [-0.3, -0.25) is 4.79 Å². The molecule has 1 atom stereocenters. The predicted octanol–water partition coefficient (Wildman–Crippen LogP) is 11.4. The lowest BCUT2D eigenvalue weighted by atomic mass is 9.92. The van der Waals surface area contributed by atoms with Crippen LogP contribution in [-0.2, 0) is 4.79 Å². The topological polar surface area (TPSA) is 17.1 Å². The molecule has 1 nitrogen and oxygen atoms in total. The van der Waals surface area contributed by atoms with Gasteiger partial charge in [0.1, 0.15) is 5.82 Å². The molecule has 0 aliphatic heterocycles. The smallest absolute Gasteiger partial charge is 0.295 e. The first-order chi connectivity index (χ1) is 18.2. The van der Waals surface area contributed by atoms with Gasteiger partial charge >= 0.3 is 6.18 Å². The zero-order valence-electron chi connectivity index (χ0n) is 24.1. The Morgan fingerprint density at radius 3 is 1.95 bits per heavy atom. The maximum absolute atomic E-state index is 12.9. The Labute approximate surface area is 237 Å². The number of hydrogen-bond acceptors (Lipinski definition) is 1. The Morgan fingerprint density at radius 2 is 1.59 bits per heavy atom. The molecule has 0 fully saturated rings. The van der Waals surface area contributed by atoms with E-state index in [-0.39, 0.29) is 17.2 Å². The van der Waals surface area contributed by atoms with Crippen LogP contribution in [0.25, 0.3) is 5.57 Å². The van der Waals surface area contributed by atoms with Gasteiger partial charge in [-0.2, -0.15) is 13.2 Å². The maximum atomic E-state index is 12.9. The van der Waals surface area contributed by atoms with Gasteiger partial charge in [-0.25, -0.2) is 4.39 Å². The van der Waals surface area contributed by atoms with Crippen molar-refractivity contribution in [3.8, 4) is 0 Å². The van der Waals surface area contributed by atoms with E-state index < -0.39 is 11.7 Å². The molecule has 2 aromatic rings. The first-order valence-corrected chi connectivity index (χ1v) is 13.3. The second-order valence-electron chi connectivity index (χ2n) is 9.11. The van der Waals surface area contributed by atoms with Crippen LogP contribution in [0.2, 0.25) is 0 Å². The SMILES string of the molecule is C=C(C)/C(=C\C(=C/C)c1ccccc1)C(F)(F)F.CC(=O)/C(C)=C(/C)Cl.CCCC(CC)c1cccc(F)c1. The number of halogens is 5. The van der Waals surface area contributed by atoms with Gasteiger partial charge in [-0.15, -0.1) is 0 Å². The van der Waals surface area contributed by atoms with E-state index in [4.69, 9.17) is 11.6 Å². The van der Waals surface area contributed by atoms with Crippen molar-refractivity contribution < 1.29 is 22.4 Å². The Balaban J connectivity index is 0.000000602. The average Bonchev–Trinajstić information content (AvgIpc) is 2.87. The third-order valence-electron chi connectivity index (χ3n) is 5.98. The lowest BCUT2D eigenvalue weighted by Gasteiger charge is -2.13. The molecule has 2 aromatic carbocycles. The molecule has 0 aliphatic rings. The molecule has 0 saturated carbocycles. The van der Waals surface area contributed by atoms with E-state index in [0.717, 1.165) is 36.5 Å². The van der Waals surface area contributed by atoms with E-state index in [0.29, 0.717) is 22.1 Å². The quantitative estimate of drug-likeness (QED) is 0.177. The van der Waals surface area contributed by atoms with Crippen LogP contribution >= 0.6 is 11.6 Å². The van der Waals surface area contributed by atoms with E-state index >= 15 is 0 Å². The van der Waals surface area contributed by atoms with Gasteiger partial charge in [0.15, 0.2) is 5.78 Å². The van der Waals surface area contributed by atoms with Gasteiger partial charge in [0, 0.05) is 10.6 Å². The molecule has 0 aromatic heterocycles. The molecule has 0 spiro atoms. The number of carbonyl (C=O) groups excluding carboxylic acids is 1. The van der Waals surface area contributed by atoms with Crippen LogP contribution in [0.15, 0.2) is 95.1 Å². The van der Waals surface area contributed by atoms with Gasteiger partial charge < -0.3 is 0 Å². The molecule has 6 heteroatoms. The number of hydrogen-bond donors (Lipinski definition) is 0. The summed E-state index contributed by atoms with van der Waals surface area (Å²) in [4.78, 5) is 10.4. The molecule has 0 amide bonds. The van der Waals surface area contributed by atoms with Crippen molar-refractivity contribution in [1.29, 1.82) is 0 Å². The minimum absolute atomic E-state index is 0.0118. The van der Waals surface area contributed by atoms with Crippen LogP contribution in [0.1, 0.15) is 84.8 Å². The van der Waals surface area contributed by atoms with Crippen molar-refractivity contribution in [2.75, 3.05) is 0 Å². The lowest BCUT2D eigenvalue weighted by Crippen LogP contribution is -2.12. The number of benzene rings is 2. The third kappa shape index (κ3) is 14.2. The Morgan fingerprint density at radius 1 is 1.00 bits per heavy atom. The van der Waals surface area contributed by atoms with E-state index in [1.807, 2.05) is 12.1 Å². The van der Waals surface area contributed by atoms with Crippen LogP contribution in [0.3, 0.4) is 0 Å².